The minimum absolute atomic E-state index is 0.184. The van der Waals surface area contributed by atoms with Crippen LogP contribution in [0.1, 0.15) is 18.9 Å². The summed E-state index contributed by atoms with van der Waals surface area (Å²) in [5.41, 5.74) is 0.656. The van der Waals surface area contributed by atoms with Crippen LogP contribution in [-0.4, -0.2) is 25.2 Å². The summed E-state index contributed by atoms with van der Waals surface area (Å²) in [6.07, 6.45) is 3.80. The van der Waals surface area contributed by atoms with Crippen molar-refractivity contribution in [2.24, 2.45) is 0 Å². The van der Waals surface area contributed by atoms with Gasteiger partial charge >= 0.3 is 0 Å². The molecule has 2 heterocycles. The Hall–Kier alpha value is -1.82. The highest BCUT2D eigenvalue weighted by Crippen LogP contribution is 2.16. The molecule has 0 fully saturated rings. The molecular weight excluding hydrogens is 184 g/mol. The molecule has 0 amide bonds. The monoisotopic (exact) mass is 192 g/mol. The van der Waals surface area contributed by atoms with Crippen LogP contribution in [0.25, 0.3) is 11.4 Å². The molecule has 0 spiro atoms. The van der Waals surface area contributed by atoms with E-state index in [1.165, 1.54) is 6.33 Å². The molecule has 0 saturated heterocycles. The summed E-state index contributed by atoms with van der Waals surface area (Å²) in [6.45, 7) is 1.55. The number of aliphatic hydroxyl groups excluding tert-OH is 1. The van der Waals surface area contributed by atoms with Crippen molar-refractivity contribution < 1.29 is 9.63 Å². The van der Waals surface area contributed by atoms with Gasteiger partial charge in [-0.3, -0.25) is 0 Å². The van der Waals surface area contributed by atoms with Crippen LogP contribution in [0.15, 0.2) is 23.2 Å². The maximum Gasteiger partial charge on any atom is 0.255 e. The first-order valence-corrected chi connectivity index (χ1v) is 4.04. The van der Waals surface area contributed by atoms with E-state index in [4.69, 9.17) is 9.63 Å². The van der Waals surface area contributed by atoms with Gasteiger partial charge in [0.2, 0.25) is 5.82 Å². The molecule has 1 atom stereocenters. The normalized spacial score (nSPS) is 12.7. The lowest BCUT2D eigenvalue weighted by molar-refractivity contribution is 0.152. The molecule has 0 aromatic carbocycles. The molecule has 6 heteroatoms. The smallest absolute Gasteiger partial charge is 0.255 e. The highest BCUT2D eigenvalue weighted by Gasteiger charge is 2.12. The van der Waals surface area contributed by atoms with Crippen molar-refractivity contribution in [2.75, 3.05) is 0 Å². The number of rotatable bonds is 2. The minimum Gasteiger partial charge on any atom is -0.384 e. The highest BCUT2D eigenvalue weighted by molar-refractivity contribution is 5.50. The van der Waals surface area contributed by atoms with Gasteiger partial charge < -0.3 is 9.63 Å². The first kappa shape index (κ1) is 8.76. The van der Waals surface area contributed by atoms with Gasteiger partial charge in [0.1, 0.15) is 12.4 Å². The van der Waals surface area contributed by atoms with E-state index in [9.17, 15) is 0 Å². The Labute approximate surface area is 79.6 Å². The van der Waals surface area contributed by atoms with Crippen LogP contribution in [-0.2, 0) is 0 Å². The van der Waals surface area contributed by atoms with Crippen LogP contribution in [0.2, 0.25) is 0 Å². The summed E-state index contributed by atoms with van der Waals surface area (Å²) in [7, 11) is 0. The lowest BCUT2D eigenvalue weighted by Crippen LogP contribution is -1.90. The summed E-state index contributed by atoms with van der Waals surface area (Å²) in [5, 5.41) is 12.8. The SMILES string of the molecule is CC(O)c1nc(-c2cncnc2)no1. The molecular formula is C8H8N4O2. The van der Waals surface area contributed by atoms with Crippen molar-refractivity contribution in [3.63, 3.8) is 0 Å². The van der Waals surface area contributed by atoms with Crippen molar-refractivity contribution in [1.82, 2.24) is 20.1 Å². The minimum atomic E-state index is -0.763. The van der Waals surface area contributed by atoms with Crippen molar-refractivity contribution in [3.05, 3.63) is 24.6 Å². The topological polar surface area (TPSA) is 84.9 Å². The first-order chi connectivity index (χ1) is 6.77. The van der Waals surface area contributed by atoms with E-state index in [0.717, 1.165) is 0 Å². The Bertz CT molecular complexity index is 412. The third-order valence-corrected chi connectivity index (χ3v) is 1.62. The van der Waals surface area contributed by atoms with E-state index in [0.29, 0.717) is 11.4 Å². The molecule has 72 valence electrons. The molecule has 2 rings (SSSR count). The average molecular weight is 192 g/mol. The number of nitrogens with zero attached hydrogens (tertiary/aromatic N) is 4. The maximum absolute atomic E-state index is 9.16. The van der Waals surface area contributed by atoms with Crippen LogP contribution >= 0.6 is 0 Å². The molecule has 0 aliphatic carbocycles. The molecule has 1 N–H and O–H groups in total. The number of hydrogen-bond acceptors (Lipinski definition) is 6. The van der Waals surface area contributed by atoms with E-state index >= 15 is 0 Å². The summed E-state index contributed by atoms with van der Waals surface area (Å²) in [4.78, 5) is 11.6. The van der Waals surface area contributed by atoms with E-state index in [2.05, 4.69) is 20.1 Å². The Kier molecular flexibility index (Phi) is 2.19. The molecule has 1 unspecified atom stereocenters. The predicted molar refractivity (Wildman–Crippen MR) is 46.0 cm³/mol. The molecule has 0 aliphatic rings. The third-order valence-electron chi connectivity index (χ3n) is 1.62. The van der Waals surface area contributed by atoms with Gasteiger partial charge in [-0.2, -0.15) is 4.98 Å². The fraction of sp³-hybridized carbons (Fsp3) is 0.250. The Morgan fingerprint density at radius 3 is 2.64 bits per heavy atom. The molecule has 6 nitrogen and oxygen atoms in total. The van der Waals surface area contributed by atoms with Crippen molar-refractivity contribution in [3.8, 4) is 11.4 Å². The van der Waals surface area contributed by atoms with E-state index in [1.54, 1.807) is 19.3 Å². The van der Waals surface area contributed by atoms with Crippen molar-refractivity contribution >= 4 is 0 Å². The standard InChI is InChI=1S/C8H8N4O2/c1-5(13)8-11-7(12-14-8)6-2-9-4-10-3-6/h2-5,13H,1H3. The van der Waals surface area contributed by atoms with E-state index in [1.807, 2.05) is 0 Å². The largest absolute Gasteiger partial charge is 0.384 e. The van der Waals surface area contributed by atoms with Crippen LogP contribution < -0.4 is 0 Å². The van der Waals surface area contributed by atoms with Gasteiger partial charge in [0, 0.05) is 12.4 Å². The summed E-state index contributed by atoms with van der Waals surface area (Å²) < 4.78 is 4.81. The third kappa shape index (κ3) is 1.60. The molecule has 14 heavy (non-hydrogen) atoms. The van der Waals surface area contributed by atoms with Crippen LogP contribution in [0, 0.1) is 0 Å². The highest BCUT2D eigenvalue weighted by atomic mass is 16.5. The van der Waals surface area contributed by atoms with Crippen LogP contribution in [0.5, 0.6) is 0 Å². The molecule has 2 aromatic heterocycles. The molecule has 0 aliphatic heterocycles. The maximum atomic E-state index is 9.16. The van der Waals surface area contributed by atoms with E-state index < -0.39 is 6.10 Å². The van der Waals surface area contributed by atoms with E-state index in [-0.39, 0.29) is 5.89 Å². The fourth-order valence-corrected chi connectivity index (χ4v) is 0.937. The molecule has 2 aromatic rings. The second-order valence-electron chi connectivity index (χ2n) is 2.76. The molecule has 0 bridgehead atoms. The van der Waals surface area contributed by atoms with Gasteiger partial charge in [-0.25, -0.2) is 9.97 Å². The van der Waals surface area contributed by atoms with Gasteiger partial charge in [-0.1, -0.05) is 5.16 Å². The zero-order valence-corrected chi connectivity index (χ0v) is 7.45. The summed E-state index contributed by atoms with van der Waals surface area (Å²) >= 11 is 0. The van der Waals surface area contributed by atoms with Gasteiger partial charge in [0.15, 0.2) is 0 Å². The molecule has 0 saturated carbocycles. The van der Waals surface area contributed by atoms with Gasteiger partial charge in [-0.05, 0) is 6.92 Å². The quantitative estimate of drug-likeness (QED) is 0.749. The lowest BCUT2D eigenvalue weighted by atomic mass is 10.3. The number of aliphatic hydroxyl groups is 1. The first-order valence-electron chi connectivity index (χ1n) is 4.04. The Balaban J connectivity index is 2.34. The zero-order valence-electron chi connectivity index (χ0n) is 7.45. The number of aromatic nitrogens is 4. The van der Waals surface area contributed by atoms with Crippen molar-refractivity contribution in [1.29, 1.82) is 0 Å². The summed E-state index contributed by atoms with van der Waals surface area (Å²) in [6, 6.07) is 0. The predicted octanol–water partition coefficient (Wildman–Crippen LogP) is 0.580. The second kappa shape index (κ2) is 3.51. The Morgan fingerprint density at radius 1 is 1.36 bits per heavy atom. The van der Waals surface area contributed by atoms with Crippen molar-refractivity contribution in [2.45, 2.75) is 13.0 Å². The van der Waals surface area contributed by atoms with Gasteiger partial charge in [0.05, 0.1) is 5.56 Å². The fourth-order valence-electron chi connectivity index (χ4n) is 0.937. The molecule has 0 radical (unpaired) electrons. The zero-order chi connectivity index (χ0) is 9.97. The van der Waals surface area contributed by atoms with Crippen LogP contribution in [0.3, 0.4) is 0 Å². The lowest BCUT2D eigenvalue weighted by Gasteiger charge is -1.92. The van der Waals surface area contributed by atoms with Crippen LogP contribution in [0.4, 0.5) is 0 Å². The Morgan fingerprint density at radius 2 is 2.07 bits per heavy atom. The van der Waals surface area contributed by atoms with Gasteiger partial charge in [-0.15, -0.1) is 0 Å². The second-order valence-corrected chi connectivity index (χ2v) is 2.76. The summed E-state index contributed by atoms with van der Waals surface area (Å²) in [5.74, 6) is 0.561. The number of hydrogen-bond donors (Lipinski definition) is 1. The van der Waals surface area contributed by atoms with Gasteiger partial charge in [0.25, 0.3) is 5.89 Å². The average Bonchev–Trinajstić information content (AvgIpc) is 2.68.